The Morgan fingerprint density at radius 2 is 0.742 bits per heavy atom. The third kappa shape index (κ3) is 8.20. The van der Waals surface area contributed by atoms with Gasteiger partial charge < -0.3 is 14.7 Å². The highest BCUT2D eigenvalue weighted by Crippen LogP contribution is 2.48. The molecule has 2 heterocycles. The monoisotopic (exact) mass is 812 g/mol. The lowest BCUT2D eigenvalue weighted by molar-refractivity contribution is 0.795. The molecule has 0 bridgehead atoms. The maximum Gasteiger partial charge on any atom is 0.252 e. The zero-order valence-corrected chi connectivity index (χ0v) is 37.4. The standard InChI is InChI=1S/C58H62BN3/c1-5-9-19-43-27-33-49(34-28-43)61-54-37-31-45(21-11-7-3)39-52(54)59-53-40-46(22-12-8-4)32-38-55(53)62(50-35-29-44(30-36-50)20-10-6-2)57-42-51(41-56(61)58(57)59)60(47-23-15-13-16-24-47)48-25-17-14-18-26-48/h13-18,23-42H,5-12,19-22H2,1-4H3. The Kier molecular flexibility index (Phi) is 12.6. The summed E-state index contributed by atoms with van der Waals surface area (Å²) in [6.07, 6.45) is 13.9. The van der Waals surface area contributed by atoms with E-state index in [9.17, 15) is 0 Å². The van der Waals surface area contributed by atoms with E-state index >= 15 is 0 Å². The summed E-state index contributed by atoms with van der Waals surface area (Å²) in [5.74, 6) is 0. The predicted molar refractivity (Wildman–Crippen MR) is 270 cm³/mol. The molecule has 0 atom stereocenters. The van der Waals surface area contributed by atoms with Crippen molar-refractivity contribution < 1.29 is 0 Å². The van der Waals surface area contributed by atoms with Gasteiger partial charge >= 0.3 is 0 Å². The van der Waals surface area contributed by atoms with Gasteiger partial charge in [-0.05, 0) is 163 Å². The zero-order chi connectivity index (χ0) is 42.4. The fourth-order valence-corrected chi connectivity index (χ4v) is 9.83. The molecule has 9 rings (SSSR count). The third-order valence-corrected chi connectivity index (χ3v) is 13.1. The highest BCUT2D eigenvalue weighted by Gasteiger charge is 2.44. The second-order valence-corrected chi connectivity index (χ2v) is 17.5. The van der Waals surface area contributed by atoms with Crippen molar-refractivity contribution in [2.75, 3.05) is 14.7 Å². The molecular formula is C58H62BN3. The lowest BCUT2D eigenvalue weighted by Gasteiger charge is -2.45. The van der Waals surface area contributed by atoms with Gasteiger partial charge in [0.15, 0.2) is 0 Å². The topological polar surface area (TPSA) is 9.72 Å². The van der Waals surface area contributed by atoms with Gasteiger partial charge in [-0.25, -0.2) is 0 Å². The van der Waals surface area contributed by atoms with Crippen LogP contribution in [-0.4, -0.2) is 6.71 Å². The van der Waals surface area contributed by atoms with Crippen molar-refractivity contribution >= 4 is 74.3 Å². The normalized spacial score (nSPS) is 12.5. The molecule has 0 saturated carbocycles. The van der Waals surface area contributed by atoms with Gasteiger partial charge in [0.05, 0.1) is 5.69 Å². The molecule has 62 heavy (non-hydrogen) atoms. The van der Waals surface area contributed by atoms with Crippen LogP contribution in [0.15, 0.2) is 158 Å². The fraction of sp³-hybridized carbons (Fsp3) is 0.276. The first-order valence-corrected chi connectivity index (χ1v) is 23.7. The molecule has 2 aliphatic rings. The first-order chi connectivity index (χ1) is 30.6. The van der Waals surface area contributed by atoms with Crippen molar-refractivity contribution in [1.29, 1.82) is 0 Å². The minimum absolute atomic E-state index is 0.0734. The summed E-state index contributed by atoms with van der Waals surface area (Å²) in [7, 11) is 0. The second-order valence-electron chi connectivity index (χ2n) is 17.5. The highest BCUT2D eigenvalue weighted by atomic mass is 15.2. The molecule has 0 amide bonds. The Bertz CT molecular complexity index is 2410. The minimum Gasteiger partial charge on any atom is -0.311 e. The average Bonchev–Trinajstić information content (AvgIpc) is 3.32. The SMILES string of the molecule is CCCCc1ccc(N2c3ccc(CCCC)cc3B3c4cc(CCCC)ccc4N(c4ccc(CCCC)cc4)c4cc(N(c5ccccc5)c5ccccc5)cc2c43)cc1. The average molecular weight is 812 g/mol. The van der Waals surface area contributed by atoms with Crippen LogP contribution in [0.5, 0.6) is 0 Å². The summed E-state index contributed by atoms with van der Waals surface area (Å²) in [5.41, 5.74) is 20.7. The van der Waals surface area contributed by atoms with Crippen LogP contribution in [0, 0.1) is 0 Å². The van der Waals surface area contributed by atoms with E-state index in [0.717, 1.165) is 42.7 Å². The van der Waals surface area contributed by atoms with E-state index in [0.29, 0.717) is 0 Å². The number of anilines is 9. The largest absolute Gasteiger partial charge is 0.311 e. The molecule has 2 aliphatic heterocycles. The molecule has 3 nitrogen and oxygen atoms in total. The summed E-state index contributed by atoms with van der Waals surface area (Å²) >= 11 is 0. The summed E-state index contributed by atoms with van der Waals surface area (Å²) in [5, 5.41) is 0. The van der Waals surface area contributed by atoms with Gasteiger partial charge in [-0.15, -0.1) is 0 Å². The van der Waals surface area contributed by atoms with Crippen molar-refractivity contribution in [2.45, 2.75) is 105 Å². The number of fused-ring (bicyclic) bond motifs is 4. The van der Waals surface area contributed by atoms with Crippen LogP contribution < -0.4 is 31.1 Å². The summed E-state index contributed by atoms with van der Waals surface area (Å²) in [6.45, 7) is 9.24. The number of hydrogen-bond donors (Lipinski definition) is 0. The van der Waals surface area contributed by atoms with Crippen LogP contribution in [0.2, 0.25) is 0 Å². The highest BCUT2D eigenvalue weighted by molar-refractivity contribution is 7.00. The Morgan fingerprint density at radius 3 is 1.13 bits per heavy atom. The molecule has 312 valence electrons. The molecule has 7 aromatic carbocycles. The molecule has 0 spiro atoms. The Balaban J connectivity index is 1.36. The van der Waals surface area contributed by atoms with Crippen LogP contribution in [0.1, 0.15) is 101 Å². The van der Waals surface area contributed by atoms with Gasteiger partial charge in [0.1, 0.15) is 0 Å². The van der Waals surface area contributed by atoms with Gasteiger partial charge in [-0.3, -0.25) is 0 Å². The third-order valence-electron chi connectivity index (χ3n) is 13.1. The number of unbranched alkanes of at least 4 members (excludes halogenated alkanes) is 4. The number of benzene rings is 7. The van der Waals surface area contributed by atoms with Crippen LogP contribution in [0.25, 0.3) is 0 Å². The Labute approximate surface area is 372 Å². The second kappa shape index (κ2) is 19.0. The molecule has 0 radical (unpaired) electrons. The Hall–Kier alpha value is -6.00. The van der Waals surface area contributed by atoms with Gasteiger partial charge in [0, 0.05) is 45.5 Å². The van der Waals surface area contributed by atoms with Crippen molar-refractivity contribution in [3.8, 4) is 0 Å². The van der Waals surface area contributed by atoms with E-state index in [1.54, 1.807) is 0 Å². The van der Waals surface area contributed by atoms with E-state index in [2.05, 4.69) is 200 Å². The molecular weight excluding hydrogens is 749 g/mol. The van der Waals surface area contributed by atoms with Crippen LogP contribution in [0.3, 0.4) is 0 Å². The summed E-state index contributed by atoms with van der Waals surface area (Å²) in [4.78, 5) is 7.62. The molecule has 0 aliphatic carbocycles. The zero-order valence-electron chi connectivity index (χ0n) is 37.4. The maximum absolute atomic E-state index is 2.59. The first-order valence-electron chi connectivity index (χ1n) is 23.7. The molecule has 7 aromatic rings. The van der Waals surface area contributed by atoms with E-state index < -0.39 is 0 Å². The summed E-state index contributed by atoms with van der Waals surface area (Å²) in [6, 6.07) is 60.5. The molecule has 0 N–H and O–H groups in total. The number of hydrogen-bond acceptors (Lipinski definition) is 3. The predicted octanol–water partition coefficient (Wildman–Crippen LogP) is 14.6. The number of rotatable bonds is 17. The molecule has 0 unspecified atom stereocenters. The van der Waals surface area contributed by atoms with Crippen LogP contribution in [0.4, 0.5) is 51.2 Å². The van der Waals surface area contributed by atoms with E-state index in [1.807, 2.05) is 0 Å². The fourth-order valence-electron chi connectivity index (χ4n) is 9.83. The van der Waals surface area contributed by atoms with Gasteiger partial charge in [-0.1, -0.05) is 138 Å². The van der Waals surface area contributed by atoms with Crippen molar-refractivity contribution in [3.63, 3.8) is 0 Å². The lowest BCUT2D eigenvalue weighted by atomic mass is 9.33. The Morgan fingerprint density at radius 1 is 0.371 bits per heavy atom. The van der Waals surface area contributed by atoms with E-state index in [1.165, 1.54) is 124 Å². The van der Waals surface area contributed by atoms with Crippen molar-refractivity contribution in [2.24, 2.45) is 0 Å². The smallest absolute Gasteiger partial charge is 0.252 e. The van der Waals surface area contributed by atoms with Gasteiger partial charge in [0.2, 0.25) is 0 Å². The van der Waals surface area contributed by atoms with Crippen LogP contribution >= 0.6 is 0 Å². The molecule has 0 fully saturated rings. The molecule has 0 saturated heterocycles. The quantitative estimate of drug-likeness (QED) is 0.0848. The van der Waals surface area contributed by atoms with Crippen LogP contribution in [-0.2, 0) is 25.7 Å². The van der Waals surface area contributed by atoms with Gasteiger partial charge in [0.25, 0.3) is 6.71 Å². The molecule has 0 aromatic heterocycles. The van der Waals surface area contributed by atoms with Crippen molar-refractivity contribution in [1.82, 2.24) is 0 Å². The molecule has 4 heteroatoms. The number of para-hydroxylation sites is 2. The first kappa shape index (κ1) is 41.4. The summed E-state index contributed by atoms with van der Waals surface area (Å²) < 4.78 is 0. The maximum atomic E-state index is 2.59. The van der Waals surface area contributed by atoms with Crippen molar-refractivity contribution in [3.05, 3.63) is 180 Å². The number of nitrogens with zero attached hydrogens (tertiary/aromatic N) is 3. The van der Waals surface area contributed by atoms with Gasteiger partial charge in [-0.2, -0.15) is 0 Å². The lowest BCUT2D eigenvalue weighted by Crippen LogP contribution is -2.61. The van der Waals surface area contributed by atoms with E-state index in [4.69, 9.17) is 0 Å². The minimum atomic E-state index is 0.0734. The number of aryl methyl sites for hydroxylation is 4. The van der Waals surface area contributed by atoms with E-state index in [-0.39, 0.29) is 6.71 Å².